The van der Waals surface area contributed by atoms with Gasteiger partial charge in [0.2, 0.25) is 7.98 Å². The summed E-state index contributed by atoms with van der Waals surface area (Å²) in [6.07, 6.45) is 0. The summed E-state index contributed by atoms with van der Waals surface area (Å²) < 4.78 is 0. The largest absolute Gasteiger partial charge is 0.423 e. The van der Waals surface area contributed by atoms with Gasteiger partial charge in [0, 0.05) is 11.7 Å². The van der Waals surface area contributed by atoms with Crippen LogP contribution in [-0.2, 0) is 0 Å². The van der Waals surface area contributed by atoms with E-state index in [0.29, 0.717) is 6.04 Å². The highest BCUT2D eigenvalue weighted by molar-refractivity contribution is 6.18. The number of hydrogen-bond acceptors (Lipinski definition) is 1. The lowest BCUT2D eigenvalue weighted by Crippen LogP contribution is -2.27. The van der Waals surface area contributed by atoms with E-state index in [4.69, 9.17) is 7.98 Å². The van der Waals surface area contributed by atoms with Crippen LogP contribution in [0.3, 0.4) is 0 Å². The Balaban J connectivity index is 2.77. The number of para-hydroxylation sites is 1. The summed E-state index contributed by atoms with van der Waals surface area (Å²) in [6, 6.07) is 10.3. The second-order valence-electron chi connectivity index (χ2n) is 2.84. The van der Waals surface area contributed by atoms with Gasteiger partial charge in [0.15, 0.2) is 0 Å². The van der Waals surface area contributed by atoms with Crippen LogP contribution in [0.1, 0.15) is 13.8 Å². The lowest BCUT2D eigenvalue weighted by Gasteiger charge is -2.24. The highest BCUT2D eigenvalue weighted by atomic mass is 15.1. The maximum atomic E-state index is 5.77. The van der Waals surface area contributed by atoms with Crippen LogP contribution >= 0.6 is 0 Å². The Kier molecular flexibility index (Phi) is 2.58. The van der Waals surface area contributed by atoms with E-state index in [9.17, 15) is 0 Å². The SMILES string of the molecule is [B]N(c1ccccc1)C(C)C. The molecule has 0 spiro atoms. The normalized spacial score (nSPS) is 10.1. The lowest BCUT2D eigenvalue weighted by molar-refractivity contribution is 0.829. The van der Waals surface area contributed by atoms with E-state index < -0.39 is 0 Å². The lowest BCUT2D eigenvalue weighted by atomic mass is 10.1. The minimum absolute atomic E-state index is 0.345. The maximum absolute atomic E-state index is 5.77. The van der Waals surface area contributed by atoms with E-state index in [-0.39, 0.29) is 0 Å². The van der Waals surface area contributed by atoms with Crippen LogP contribution in [0.25, 0.3) is 0 Å². The summed E-state index contributed by atoms with van der Waals surface area (Å²) in [7, 11) is 5.77. The van der Waals surface area contributed by atoms with Gasteiger partial charge < -0.3 is 4.81 Å². The molecule has 0 heterocycles. The van der Waals surface area contributed by atoms with Crippen LogP contribution in [-0.4, -0.2) is 14.0 Å². The van der Waals surface area contributed by atoms with Gasteiger partial charge in [0.25, 0.3) is 0 Å². The van der Waals surface area contributed by atoms with E-state index in [1.807, 2.05) is 30.3 Å². The first-order chi connectivity index (χ1) is 5.22. The number of nitrogens with zero attached hydrogens (tertiary/aromatic N) is 1. The zero-order valence-electron chi connectivity index (χ0n) is 6.99. The highest BCUT2D eigenvalue weighted by Crippen LogP contribution is 2.12. The summed E-state index contributed by atoms with van der Waals surface area (Å²) in [5, 5.41) is 0. The molecule has 2 radical (unpaired) electrons. The topological polar surface area (TPSA) is 3.24 Å². The molecule has 0 atom stereocenters. The second kappa shape index (κ2) is 3.47. The molecule has 11 heavy (non-hydrogen) atoms. The van der Waals surface area contributed by atoms with Gasteiger partial charge in [-0.1, -0.05) is 18.2 Å². The molecule has 0 bridgehead atoms. The molecule has 0 amide bonds. The Labute approximate surface area is 69.5 Å². The van der Waals surface area contributed by atoms with Crippen LogP contribution < -0.4 is 4.81 Å². The van der Waals surface area contributed by atoms with Gasteiger partial charge >= 0.3 is 0 Å². The minimum atomic E-state index is 0.345. The second-order valence-corrected chi connectivity index (χ2v) is 2.84. The predicted molar refractivity (Wildman–Crippen MR) is 49.8 cm³/mol. The molecular weight excluding hydrogens is 133 g/mol. The van der Waals surface area contributed by atoms with E-state index in [2.05, 4.69) is 13.8 Å². The van der Waals surface area contributed by atoms with Crippen molar-refractivity contribution in [3.63, 3.8) is 0 Å². The molecule has 2 heteroatoms. The van der Waals surface area contributed by atoms with Gasteiger partial charge in [-0.3, -0.25) is 0 Å². The van der Waals surface area contributed by atoms with Crippen molar-refractivity contribution in [2.75, 3.05) is 4.81 Å². The molecule has 1 aromatic rings. The third-order valence-corrected chi connectivity index (χ3v) is 1.61. The van der Waals surface area contributed by atoms with Crippen molar-refractivity contribution in [1.82, 2.24) is 0 Å². The Hall–Kier alpha value is -0.915. The first-order valence-electron chi connectivity index (χ1n) is 3.81. The average Bonchev–Trinajstić information content (AvgIpc) is 2.05. The fourth-order valence-electron chi connectivity index (χ4n) is 0.898. The first kappa shape index (κ1) is 8.18. The number of rotatable bonds is 2. The molecule has 1 rings (SSSR count). The fraction of sp³-hybridized carbons (Fsp3) is 0.333. The molecular formula is C9H12BN. The summed E-state index contributed by atoms with van der Waals surface area (Å²) in [6.45, 7) is 4.12. The molecule has 0 aliphatic carbocycles. The van der Waals surface area contributed by atoms with Gasteiger partial charge in [-0.2, -0.15) is 0 Å². The third kappa shape index (κ3) is 2.00. The van der Waals surface area contributed by atoms with Crippen molar-refractivity contribution < 1.29 is 0 Å². The van der Waals surface area contributed by atoms with Gasteiger partial charge in [-0.15, -0.1) is 0 Å². The van der Waals surface area contributed by atoms with Crippen LogP contribution in [0.4, 0.5) is 5.69 Å². The third-order valence-electron chi connectivity index (χ3n) is 1.61. The molecule has 0 aliphatic heterocycles. The summed E-state index contributed by atoms with van der Waals surface area (Å²) in [5.74, 6) is 0. The quantitative estimate of drug-likeness (QED) is 0.575. The van der Waals surface area contributed by atoms with Crippen molar-refractivity contribution in [2.45, 2.75) is 19.9 Å². The predicted octanol–water partition coefficient (Wildman–Crippen LogP) is 1.98. The fourth-order valence-corrected chi connectivity index (χ4v) is 0.898. The van der Waals surface area contributed by atoms with Gasteiger partial charge in [0.1, 0.15) is 0 Å². The van der Waals surface area contributed by atoms with Gasteiger partial charge in [-0.05, 0) is 26.0 Å². The Morgan fingerprint density at radius 3 is 2.18 bits per heavy atom. The summed E-state index contributed by atoms with van der Waals surface area (Å²) >= 11 is 0. The van der Waals surface area contributed by atoms with Crippen LogP contribution in [0.5, 0.6) is 0 Å². The maximum Gasteiger partial charge on any atom is 0.226 e. The molecule has 56 valence electrons. The Morgan fingerprint density at radius 2 is 1.73 bits per heavy atom. The Morgan fingerprint density at radius 1 is 1.18 bits per heavy atom. The van der Waals surface area contributed by atoms with Crippen LogP contribution in [0, 0.1) is 0 Å². The molecule has 1 nitrogen and oxygen atoms in total. The molecule has 0 saturated heterocycles. The van der Waals surface area contributed by atoms with E-state index in [1.54, 1.807) is 4.81 Å². The highest BCUT2D eigenvalue weighted by Gasteiger charge is 2.01. The molecule has 0 unspecified atom stereocenters. The van der Waals surface area contributed by atoms with Crippen molar-refractivity contribution in [3.05, 3.63) is 30.3 Å². The smallest absolute Gasteiger partial charge is 0.226 e. The van der Waals surface area contributed by atoms with Crippen molar-refractivity contribution in [1.29, 1.82) is 0 Å². The zero-order valence-corrected chi connectivity index (χ0v) is 6.99. The van der Waals surface area contributed by atoms with Crippen LogP contribution in [0.2, 0.25) is 0 Å². The summed E-state index contributed by atoms with van der Waals surface area (Å²) in [4.78, 5) is 1.75. The van der Waals surface area contributed by atoms with Crippen molar-refractivity contribution in [3.8, 4) is 0 Å². The molecule has 1 aromatic carbocycles. The molecule has 0 saturated carbocycles. The van der Waals surface area contributed by atoms with Gasteiger partial charge in [0.05, 0.1) is 0 Å². The van der Waals surface area contributed by atoms with Crippen molar-refractivity contribution >= 4 is 13.7 Å². The number of benzene rings is 1. The first-order valence-corrected chi connectivity index (χ1v) is 3.81. The van der Waals surface area contributed by atoms with Crippen LogP contribution in [0.15, 0.2) is 30.3 Å². The van der Waals surface area contributed by atoms with E-state index >= 15 is 0 Å². The average molecular weight is 145 g/mol. The molecule has 0 aromatic heterocycles. The minimum Gasteiger partial charge on any atom is -0.423 e. The zero-order chi connectivity index (χ0) is 8.27. The van der Waals surface area contributed by atoms with Crippen molar-refractivity contribution in [2.24, 2.45) is 0 Å². The summed E-state index contributed by atoms with van der Waals surface area (Å²) in [5.41, 5.74) is 1.06. The van der Waals surface area contributed by atoms with E-state index in [0.717, 1.165) is 5.69 Å². The van der Waals surface area contributed by atoms with Gasteiger partial charge in [-0.25, -0.2) is 0 Å². The Bertz CT molecular complexity index is 208. The standard InChI is InChI=1S/C9H12BN/c1-8(2)11(10)9-6-4-3-5-7-9/h3-8H,1-2H3. The monoisotopic (exact) mass is 145 g/mol. The van der Waals surface area contributed by atoms with E-state index in [1.165, 1.54) is 0 Å². The molecule has 0 fully saturated rings. The number of hydrogen-bond donors (Lipinski definition) is 0. The number of anilines is 1. The molecule has 0 N–H and O–H groups in total. The molecule has 0 aliphatic rings.